The van der Waals surface area contributed by atoms with E-state index in [1.807, 2.05) is 0 Å². The minimum Gasteiger partial charge on any atom is -0.481 e. The summed E-state index contributed by atoms with van der Waals surface area (Å²) < 4.78 is 0. The predicted octanol–water partition coefficient (Wildman–Crippen LogP) is 9.70. The molecular formula is C30H54O2. The summed E-state index contributed by atoms with van der Waals surface area (Å²) in [6, 6.07) is 0. The maximum atomic E-state index is 12.9. The minimum absolute atomic E-state index is 0.0654. The largest absolute Gasteiger partial charge is 0.481 e. The van der Waals surface area contributed by atoms with Gasteiger partial charge in [0.05, 0.1) is 5.41 Å². The third kappa shape index (κ3) is 5.57. The Kier molecular flexibility index (Phi) is 9.99. The van der Waals surface area contributed by atoms with Gasteiger partial charge in [-0.3, -0.25) is 4.79 Å². The van der Waals surface area contributed by atoms with Crippen LogP contribution < -0.4 is 0 Å². The Morgan fingerprint density at radius 3 is 1.88 bits per heavy atom. The standard InChI is InChI=1S/C30H54O2/c1-3-5-6-7-8-13-19-29(30(27(31)32)20-14-10-15-21-30)24-22-28(18-4-2,23-25-29)26-16-11-9-12-17-26/h26H,3-25H2,1-2H3,(H,31,32). The third-order valence-electron chi connectivity index (χ3n) is 10.6. The van der Waals surface area contributed by atoms with Crippen LogP contribution in [-0.4, -0.2) is 11.1 Å². The highest BCUT2D eigenvalue weighted by Gasteiger charge is 2.58. The van der Waals surface area contributed by atoms with Gasteiger partial charge in [0.2, 0.25) is 0 Å². The molecule has 3 aliphatic rings. The van der Waals surface area contributed by atoms with Gasteiger partial charge in [0, 0.05) is 0 Å². The van der Waals surface area contributed by atoms with Crippen LogP contribution >= 0.6 is 0 Å². The summed E-state index contributed by atoms with van der Waals surface area (Å²) in [4.78, 5) is 12.9. The molecule has 0 atom stereocenters. The van der Waals surface area contributed by atoms with Gasteiger partial charge in [-0.05, 0) is 81.0 Å². The van der Waals surface area contributed by atoms with Gasteiger partial charge in [0.25, 0.3) is 0 Å². The zero-order valence-corrected chi connectivity index (χ0v) is 21.7. The van der Waals surface area contributed by atoms with Crippen molar-refractivity contribution in [1.29, 1.82) is 0 Å². The first-order chi connectivity index (χ1) is 15.5. The van der Waals surface area contributed by atoms with E-state index in [1.165, 1.54) is 122 Å². The summed E-state index contributed by atoms with van der Waals surface area (Å²) in [6.45, 7) is 4.66. The highest BCUT2D eigenvalue weighted by atomic mass is 16.4. The van der Waals surface area contributed by atoms with Crippen molar-refractivity contribution in [3.8, 4) is 0 Å². The first-order valence-corrected chi connectivity index (χ1v) is 14.8. The van der Waals surface area contributed by atoms with Crippen molar-refractivity contribution < 1.29 is 9.90 Å². The normalized spacial score (nSPS) is 31.4. The Morgan fingerprint density at radius 1 is 0.688 bits per heavy atom. The SMILES string of the molecule is CCCCCCCCC1(C2(C(=O)O)CCCCC2)CCC(CCC)(C2CCCCC2)CC1. The van der Waals surface area contributed by atoms with Gasteiger partial charge < -0.3 is 5.11 Å². The van der Waals surface area contributed by atoms with Gasteiger partial charge in [0.15, 0.2) is 0 Å². The fraction of sp³-hybridized carbons (Fsp3) is 0.967. The topological polar surface area (TPSA) is 37.3 Å². The molecule has 0 aromatic carbocycles. The van der Waals surface area contributed by atoms with Crippen LogP contribution in [0, 0.1) is 22.2 Å². The van der Waals surface area contributed by atoms with Crippen LogP contribution in [0.2, 0.25) is 0 Å². The molecule has 0 aromatic rings. The number of unbranched alkanes of at least 4 members (excludes halogenated alkanes) is 5. The summed E-state index contributed by atoms with van der Waals surface area (Å²) in [5.74, 6) is 0.471. The van der Waals surface area contributed by atoms with Crippen molar-refractivity contribution in [2.75, 3.05) is 0 Å². The van der Waals surface area contributed by atoms with Crippen molar-refractivity contribution in [3.05, 3.63) is 0 Å². The number of hydrogen-bond acceptors (Lipinski definition) is 1. The van der Waals surface area contributed by atoms with E-state index in [1.54, 1.807) is 0 Å². The smallest absolute Gasteiger partial charge is 0.310 e. The molecule has 0 aromatic heterocycles. The Labute approximate surface area is 199 Å². The number of carboxylic acid groups (broad SMARTS) is 1. The third-order valence-corrected chi connectivity index (χ3v) is 10.6. The highest BCUT2D eigenvalue weighted by molar-refractivity contribution is 5.76. The first kappa shape index (κ1) is 26.1. The van der Waals surface area contributed by atoms with E-state index in [-0.39, 0.29) is 5.41 Å². The molecule has 32 heavy (non-hydrogen) atoms. The van der Waals surface area contributed by atoms with Crippen LogP contribution in [-0.2, 0) is 4.79 Å². The van der Waals surface area contributed by atoms with E-state index in [0.29, 0.717) is 5.41 Å². The zero-order valence-electron chi connectivity index (χ0n) is 21.7. The number of rotatable bonds is 12. The molecule has 0 aliphatic heterocycles. The van der Waals surface area contributed by atoms with Gasteiger partial charge in [-0.25, -0.2) is 0 Å². The zero-order chi connectivity index (χ0) is 22.9. The Bertz CT molecular complexity index is 545. The fourth-order valence-corrected chi connectivity index (χ4v) is 8.64. The monoisotopic (exact) mass is 446 g/mol. The van der Waals surface area contributed by atoms with Crippen molar-refractivity contribution in [3.63, 3.8) is 0 Å². The Hall–Kier alpha value is -0.530. The van der Waals surface area contributed by atoms with Crippen molar-refractivity contribution in [2.24, 2.45) is 22.2 Å². The molecule has 0 heterocycles. The predicted molar refractivity (Wildman–Crippen MR) is 136 cm³/mol. The molecule has 0 radical (unpaired) electrons. The van der Waals surface area contributed by atoms with Crippen LogP contribution in [0.3, 0.4) is 0 Å². The van der Waals surface area contributed by atoms with Crippen LogP contribution in [0.15, 0.2) is 0 Å². The molecule has 3 rings (SSSR count). The second-order valence-electron chi connectivity index (χ2n) is 12.2. The van der Waals surface area contributed by atoms with E-state index < -0.39 is 11.4 Å². The average Bonchev–Trinajstić information content (AvgIpc) is 2.83. The van der Waals surface area contributed by atoms with Crippen LogP contribution in [0.5, 0.6) is 0 Å². The summed E-state index contributed by atoms with van der Waals surface area (Å²) in [7, 11) is 0. The molecule has 0 amide bonds. The van der Waals surface area contributed by atoms with E-state index in [2.05, 4.69) is 13.8 Å². The molecule has 186 valence electrons. The lowest BCUT2D eigenvalue weighted by Gasteiger charge is -2.58. The molecule has 0 unspecified atom stereocenters. The fourth-order valence-electron chi connectivity index (χ4n) is 8.64. The van der Waals surface area contributed by atoms with E-state index in [0.717, 1.165) is 31.6 Å². The Morgan fingerprint density at radius 2 is 1.28 bits per heavy atom. The molecule has 0 spiro atoms. The summed E-state index contributed by atoms with van der Waals surface area (Å²) >= 11 is 0. The highest BCUT2D eigenvalue weighted by Crippen LogP contribution is 2.64. The van der Waals surface area contributed by atoms with Crippen molar-refractivity contribution >= 4 is 5.97 Å². The lowest BCUT2D eigenvalue weighted by molar-refractivity contribution is -0.171. The van der Waals surface area contributed by atoms with E-state index in [4.69, 9.17) is 0 Å². The molecular weight excluding hydrogens is 392 g/mol. The minimum atomic E-state index is -0.441. The first-order valence-electron chi connectivity index (χ1n) is 14.8. The van der Waals surface area contributed by atoms with Crippen molar-refractivity contribution in [2.45, 2.75) is 162 Å². The number of hydrogen-bond donors (Lipinski definition) is 1. The van der Waals surface area contributed by atoms with Gasteiger partial charge in [-0.15, -0.1) is 0 Å². The molecule has 3 fully saturated rings. The van der Waals surface area contributed by atoms with Crippen molar-refractivity contribution in [1.82, 2.24) is 0 Å². The van der Waals surface area contributed by atoms with Gasteiger partial charge in [-0.2, -0.15) is 0 Å². The second kappa shape index (κ2) is 12.3. The Balaban J connectivity index is 1.78. The quantitative estimate of drug-likeness (QED) is 0.303. The summed E-state index contributed by atoms with van der Waals surface area (Å²) in [6.07, 6.45) is 29.4. The molecule has 2 heteroatoms. The van der Waals surface area contributed by atoms with Gasteiger partial charge in [0.1, 0.15) is 0 Å². The molecule has 0 saturated heterocycles. The van der Waals surface area contributed by atoms with Gasteiger partial charge >= 0.3 is 5.97 Å². The van der Waals surface area contributed by atoms with Gasteiger partial charge in [-0.1, -0.05) is 97.3 Å². The van der Waals surface area contributed by atoms with E-state index in [9.17, 15) is 9.90 Å². The maximum Gasteiger partial charge on any atom is 0.310 e. The molecule has 2 nitrogen and oxygen atoms in total. The maximum absolute atomic E-state index is 12.9. The molecule has 3 saturated carbocycles. The average molecular weight is 447 g/mol. The molecule has 3 aliphatic carbocycles. The second-order valence-corrected chi connectivity index (χ2v) is 12.2. The number of aliphatic carboxylic acids is 1. The van der Waals surface area contributed by atoms with Crippen LogP contribution in [0.1, 0.15) is 162 Å². The molecule has 1 N–H and O–H groups in total. The van der Waals surface area contributed by atoms with Crippen LogP contribution in [0.4, 0.5) is 0 Å². The summed E-state index contributed by atoms with van der Waals surface area (Å²) in [5, 5.41) is 10.7. The molecule has 0 bridgehead atoms. The summed E-state index contributed by atoms with van der Waals surface area (Å²) in [5.41, 5.74) is 0.156. The lowest BCUT2D eigenvalue weighted by atomic mass is 9.46. The van der Waals surface area contributed by atoms with Crippen LogP contribution in [0.25, 0.3) is 0 Å². The number of carbonyl (C=O) groups is 1. The van der Waals surface area contributed by atoms with E-state index >= 15 is 0 Å². The lowest BCUT2D eigenvalue weighted by Crippen LogP contribution is -2.53. The number of carboxylic acids is 1.